The molecule has 2 heterocycles. The smallest absolute Gasteiger partial charge is 0.224 e. The highest BCUT2D eigenvalue weighted by Gasteiger charge is 2.22. The summed E-state index contributed by atoms with van der Waals surface area (Å²) in [6, 6.07) is 2.52. The number of likely N-dealkylation sites (N-methyl/N-ethyl adjacent to an activating group) is 2. The van der Waals surface area contributed by atoms with Crippen LogP contribution < -0.4 is 10.2 Å². The largest absolute Gasteiger partial charge is 0.357 e. The Kier molecular flexibility index (Phi) is 3.78. The lowest BCUT2D eigenvalue weighted by Crippen LogP contribution is -2.45. The van der Waals surface area contributed by atoms with Crippen LogP contribution >= 0.6 is 0 Å². The van der Waals surface area contributed by atoms with Gasteiger partial charge in [-0.3, -0.25) is 0 Å². The molecule has 0 aromatic carbocycles. The minimum Gasteiger partial charge on any atom is -0.357 e. The Labute approximate surface area is 103 Å². The molecule has 0 radical (unpaired) electrons. The second-order valence-electron chi connectivity index (χ2n) is 4.66. The molecule has 5 nitrogen and oxygen atoms in total. The van der Waals surface area contributed by atoms with Crippen molar-refractivity contribution < 1.29 is 0 Å². The Hall–Kier alpha value is -1.36. The molecule has 2 rings (SSSR count). The number of rotatable bonds is 3. The topological polar surface area (TPSA) is 44.3 Å². The third kappa shape index (κ3) is 2.85. The van der Waals surface area contributed by atoms with E-state index in [9.17, 15) is 0 Å². The number of likely N-dealkylation sites (tertiary alicyclic amines) is 1. The molecule has 94 valence electrons. The van der Waals surface area contributed by atoms with Crippen LogP contribution in [-0.4, -0.2) is 55.1 Å². The van der Waals surface area contributed by atoms with Gasteiger partial charge in [0.2, 0.25) is 5.95 Å². The first-order valence-corrected chi connectivity index (χ1v) is 6.13. The second-order valence-corrected chi connectivity index (χ2v) is 4.66. The van der Waals surface area contributed by atoms with Gasteiger partial charge < -0.3 is 15.1 Å². The summed E-state index contributed by atoms with van der Waals surface area (Å²) >= 11 is 0. The molecular weight excluding hydrogens is 214 g/mol. The van der Waals surface area contributed by atoms with E-state index in [0.717, 1.165) is 12.4 Å². The van der Waals surface area contributed by atoms with Crippen molar-refractivity contribution >= 4 is 11.8 Å². The van der Waals surface area contributed by atoms with Crippen molar-refractivity contribution in [3.05, 3.63) is 12.3 Å². The zero-order valence-corrected chi connectivity index (χ0v) is 10.8. The van der Waals surface area contributed by atoms with Crippen LogP contribution in [0.1, 0.15) is 12.8 Å². The molecule has 0 amide bonds. The van der Waals surface area contributed by atoms with Gasteiger partial charge in [0.25, 0.3) is 0 Å². The zero-order chi connectivity index (χ0) is 12.3. The molecule has 1 unspecified atom stereocenters. The first-order valence-electron chi connectivity index (χ1n) is 6.13. The van der Waals surface area contributed by atoms with Crippen molar-refractivity contribution in [1.82, 2.24) is 14.9 Å². The highest BCUT2D eigenvalue weighted by molar-refractivity contribution is 5.42. The van der Waals surface area contributed by atoms with Crippen LogP contribution in [0.25, 0.3) is 0 Å². The average molecular weight is 235 g/mol. The van der Waals surface area contributed by atoms with Crippen LogP contribution in [0.2, 0.25) is 0 Å². The fourth-order valence-corrected chi connectivity index (χ4v) is 2.31. The van der Waals surface area contributed by atoms with E-state index in [-0.39, 0.29) is 0 Å². The Morgan fingerprint density at radius 1 is 1.53 bits per heavy atom. The summed E-state index contributed by atoms with van der Waals surface area (Å²) in [7, 11) is 6.14. The predicted molar refractivity (Wildman–Crippen MR) is 70.5 cm³/mol. The maximum Gasteiger partial charge on any atom is 0.224 e. The van der Waals surface area contributed by atoms with E-state index < -0.39 is 0 Å². The highest BCUT2D eigenvalue weighted by atomic mass is 15.3. The highest BCUT2D eigenvalue weighted by Crippen LogP contribution is 2.19. The summed E-state index contributed by atoms with van der Waals surface area (Å²) in [6.07, 6.45) is 4.30. The van der Waals surface area contributed by atoms with Gasteiger partial charge in [-0.25, -0.2) is 4.98 Å². The van der Waals surface area contributed by atoms with Crippen molar-refractivity contribution in [3.8, 4) is 0 Å². The summed E-state index contributed by atoms with van der Waals surface area (Å²) in [5.41, 5.74) is 0. The zero-order valence-electron chi connectivity index (χ0n) is 10.8. The van der Waals surface area contributed by atoms with Crippen LogP contribution in [0.4, 0.5) is 11.8 Å². The third-order valence-electron chi connectivity index (χ3n) is 3.37. The molecule has 17 heavy (non-hydrogen) atoms. The van der Waals surface area contributed by atoms with Crippen molar-refractivity contribution in [1.29, 1.82) is 0 Å². The number of hydrogen-bond acceptors (Lipinski definition) is 5. The molecule has 1 aromatic rings. The fourth-order valence-electron chi connectivity index (χ4n) is 2.31. The van der Waals surface area contributed by atoms with Crippen molar-refractivity contribution in [3.63, 3.8) is 0 Å². The lowest BCUT2D eigenvalue weighted by Gasteiger charge is -2.36. The predicted octanol–water partition coefficient (Wildman–Crippen LogP) is 1.05. The molecule has 1 N–H and O–H groups in total. The van der Waals surface area contributed by atoms with Crippen LogP contribution in [-0.2, 0) is 0 Å². The summed E-state index contributed by atoms with van der Waals surface area (Å²) in [4.78, 5) is 13.3. The number of piperidine rings is 1. The molecule has 1 saturated heterocycles. The van der Waals surface area contributed by atoms with Gasteiger partial charge in [0, 0.05) is 32.9 Å². The van der Waals surface area contributed by atoms with E-state index in [4.69, 9.17) is 0 Å². The minimum absolute atomic E-state index is 0.549. The summed E-state index contributed by atoms with van der Waals surface area (Å²) in [6.45, 7) is 2.31. The van der Waals surface area contributed by atoms with Crippen molar-refractivity contribution in [2.75, 3.05) is 44.4 Å². The van der Waals surface area contributed by atoms with Crippen LogP contribution in [0.15, 0.2) is 12.3 Å². The van der Waals surface area contributed by atoms with E-state index in [1.54, 1.807) is 6.20 Å². The maximum atomic E-state index is 4.48. The monoisotopic (exact) mass is 235 g/mol. The van der Waals surface area contributed by atoms with Gasteiger partial charge in [0.15, 0.2) is 0 Å². The van der Waals surface area contributed by atoms with Crippen molar-refractivity contribution in [2.45, 2.75) is 18.9 Å². The van der Waals surface area contributed by atoms with Gasteiger partial charge in [-0.2, -0.15) is 4.98 Å². The van der Waals surface area contributed by atoms with Gasteiger partial charge in [0.05, 0.1) is 0 Å². The molecule has 1 fully saturated rings. The standard InChI is InChI=1S/C12H21N5/c1-13-12-14-7-6-11(15-12)17(3)10-5-4-8-16(2)9-10/h6-7,10H,4-5,8-9H2,1-3H3,(H,13,14,15). The number of aromatic nitrogens is 2. The molecule has 1 aromatic heterocycles. The van der Waals surface area contributed by atoms with E-state index in [1.165, 1.54) is 19.4 Å². The number of hydrogen-bond donors (Lipinski definition) is 1. The molecule has 1 aliphatic rings. The maximum absolute atomic E-state index is 4.48. The fraction of sp³-hybridized carbons (Fsp3) is 0.667. The average Bonchev–Trinajstić information content (AvgIpc) is 2.38. The van der Waals surface area contributed by atoms with Crippen LogP contribution in [0, 0.1) is 0 Å². The second kappa shape index (κ2) is 5.31. The van der Waals surface area contributed by atoms with E-state index >= 15 is 0 Å². The molecule has 1 aliphatic heterocycles. The SMILES string of the molecule is CNc1nccc(N(C)C2CCCN(C)C2)n1. The Balaban J connectivity index is 2.09. The Morgan fingerprint density at radius 2 is 2.35 bits per heavy atom. The van der Waals surface area contributed by atoms with Crippen LogP contribution in [0.3, 0.4) is 0 Å². The van der Waals surface area contributed by atoms with Crippen molar-refractivity contribution in [2.24, 2.45) is 0 Å². The number of nitrogens with one attached hydrogen (secondary N) is 1. The van der Waals surface area contributed by atoms with Gasteiger partial charge in [-0.15, -0.1) is 0 Å². The lowest BCUT2D eigenvalue weighted by molar-refractivity contribution is 0.247. The van der Waals surface area contributed by atoms with E-state index in [0.29, 0.717) is 12.0 Å². The molecule has 5 heteroatoms. The summed E-state index contributed by atoms with van der Waals surface area (Å²) in [5, 5.41) is 2.97. The Bertz CT molecular complexity index is 368. The van der Waals surface area contributed by atoms with Crippen LogP contribution in [0.5, 0.6) is 0 Å². The van der Waals surface area contributed by atoms with E-state index in [2.05, 4.69) is 39.2 Å². The van der Waals surface area contributed by atoms with E-state index in [1.807, 2.05) is 13.1 Å². The molecule has 0 bridgehead atoms. The first-order chi connectivity index (χ1) is 8.20. The summed E-state index contributed by atoms with van der Waals surface area (Å²) < 4.78 is 0. The Morgan fingerprint density at radius 3 is 3.06 bits per heavy atom. The summed E-state index contributed by atoms with van der Waals surface area (Å²) in [5.74, 6) is 1.67. The first kappa shape index (κ1) is 12.1. The lowest BCUT2D eigenvalue weighted by atomic mass is 10.1. The quantitative estimate of drug-likeness (QED) is 0.848. The molecule has 1 atom stereocenters. The molecule has 0 spiro atoms. The molecular formula is C12H21N5. The normalized spacial score (nSPS) is 21.2. The molecule has 0 aliphatic carbocycles. The number of nitrogens with zero attached hydrogens (tertiary/aromatic N) is 4. The number of anilines is 2. The van der Waals surface area contributed by atoms with Gasteiger partial charge in [0.1, 0.15) is 5.82 Å². The van der Waals surface area contributed by atoms with Gasteiger partial charge >= 0.3 is 0 Å². The van der Waals surface area contributed by atoms with Gasteiger partial charge in [-0.05, 0) is 32.5 Å². The molecule has 0 saturated carbocycles. The van der Waals surface area contributed by atoms with Gasteiger partial charge in [-0.1, -0.05) is 0 Å². The minimum atomic E-state index is 0.549. The third-order valence-corrected chi connectivity index (χ3v) is 3.37.